The first-order valence-electron chi connectivity index (χ1n) is 5.83. The van der Waals surface area contributed by atoms with E-state index in [1.54, 1.807) is 12.1 Å². The summed E-state index contributed by atoms with van der Waals surface area (Å²) in [4.78, 5) is 27.5. The van der Waals surface area contributed by atoms with Crippen LogP contribution in [0.3, 0.4) is 0 Å². The van der Waals surface area contributed by atoms with Gasteiger partial charge in [-0.3, -0.25) is 14.2 Å². The van der Waals surface area contributed by atoms with Crippen molar-refractivity contribution in [2.75, 3.05) is 11.1 Å². The fourth-order valence-corrected chi connectivity index (χ4v) is 1.96. The maximum absolute atomic E-state index is 11.9. The molecule has 0 aliphatic heterocycles. The number of nitrogen functional groups attached to an aromatic ring is 1. The number of benzene rings is 1. The second kappa shape index (κ2) is 5.87. The van der Waals surface area contributed by atoms with Crippen molar-refractivity contribution in [3.63, 3.8) is 0 Å². The molecular formula is C13H13BrN4O2. The van der Waals surface area contributed by atoms with Gasteiger partial charge >= 0.3 is 0 Å². The van der Waals surface area contributed by atoms with Crippen LogP contribution >= 0.6 is 15.9 Å². The summed E-state index contributed by atoms with van der Waals surface area (Å²) in [5, 5.41) is 2.68. The van der Waals surface area contributed by atoms with Gasteiger partial charge in [-0.1, -0.05) is 6.07 Å². The van der Waals surface area contributed by atoms with E-state index < -0.39 is 0 Å². The van der Waals surface area contributed by atoms with E-state index in [4.69, 9.17) is 5.73 Å². The number of aromatic nitrogens is 2. The first-order valence-corrected chi connectivity index (χ1v) is 6.62. The van der Waals surface area contributed by atoms with Gasteiger partial charge in [0.25, 0.3) is 5.56 Å². The van der Waals surface area contributed by atoms with Crippen LogP contribution in [0.25, 0.3) is 0 Å². The number of carbonyl (C=O) groups is 1. The molecule has 2 aromatic rings. The zero-order chi connectivity index (χ0) is 14.7. The first-order chi connectivity index (χ1) is 9.47. The lowest BCUT2D eigenvalue weighted by molar-refractivity contribution is -0.116. The van der Waals surface area contributed by atoms with Crippen LogP contribution in [0.5, 0.6) is 0 Å². The third-order valence-corrected chi connectivity index (χ3v) is 3.28. The van der Waals surface area contributed by atoms with Crippen LogP contribution in [0, 0.1) is 6.92 Å². The number of nitrogens with one attached hydrogen (secondary N) is 1. The van der Waals surface area contributed by atoms with E-state index in [1.807, 2.05) is 13.0 Å². The molecule has 0 fully saturated rings. The van der Waals surface area contributed by atoms with Gasteiger partial charge in [-0.2, -0.15) is 0 Å². The maximum atomic E-state index is 11.9. The zero-order valence-corrected chi connectivity index (χ0v) is 12.3. The molecule has 20 heavy (non-hydrogen) atoms. The van der Waals surface area contributed by atoms with E-state index in [-0.39, 0.29) is 18.0 Å². The summed E-state index contributed by atoms with van der Waals surface area (Å²) in [5.41, 5.74) is 7.60. The van der Waals surface area contributed by atoms with E-state index in [9.17, 15) is 9.59 Å². The second-order valence-electron chi connectivity index (χ2n) is 4.29. The highest BCUT2D eigenvalue weighted by Crippen LogP contribution is 2.16. The summed E-state index contributed by atoms with van der Waals surface area (Å²) in [6.07, 6.45) is 2.70. The van der Waals surface area contributed by atoms with Crippen LogP contribution in [0.1, 0.15) is 5.56 Å². The van der Waals surface area contributed by atoms with Crippen LogP contribution in [0.4, 0.5) is 11.4 Å². The highest BCUT2D eigenvalue weighted by atomic mass is 79.9. The van der Waals surface area contributed by atoms with Crippen LogP contribution in [-0.2, 0) is 11.3 Å². The largest absolute Gasteiger partial charge is 0.398 e. The highest BCUT2D eigenvalue weighted by Gasteiger charge is 2.07. The van der Waals surface area contributed by atoms with E-state index in [2.05, 4.69) is 26.2 Å². The van der Waals surface area contributed by atoms with Gasteiger partial charge in [-0.05, 0) is 40.5 Å². The Morgan fingerprint density at radius 1 is 1.50 bits per heavy atom. The number of halogens is 1. The van der Waals surface area contributed by atoms with Crippen LogP contribution in [-0.4, -0.2) is 15.5 Å². The molecule has 2 rings (SSSR count). The first kappa shape index (κ1) is 14.3. The smallest absolute Gasteiger partial charge is 0.268 e. The van der Waals surface area contributed by atoms with Crippen LogP contribution in [0.15, 0.2) is 40.0 Å². The van der Waals surface area contributed by atoms with E-state index >= 15 is 0 Å². The Hall–Kier alpha value is -2.15. The molecule has 0 spiro atoms. The molecule has 1 amide bonds. The molecular weight excluding hydrogens is 324 g/mol. The van der Waals surface area contributed by atoms with Crippen LogP contribution < -0.4 is 16.6 Å². The third kappa shape index (κ3) is 3.24. The lowest BCUT2D eigenvalue weighted by atomic mass is 10.2. The van der Waals surface area contributed by atoms with Gasteiger partial charge in [0, 0.05) is 17.6 Å². The summed E-state index contributed by atoms with van der Waals surface area (Å²) in [6.45, 7) is 1.77. The molecule has 3 N–H and O–H groups in total. The summed E-state index contributed by atoms with van der Waals surface area (Å²) in [6, 6.07) is 5.25. The monoisotopic (exact) mass is 336 g/mol. The Morgan fingerprint density at radius 3 is 2.95 bits per heavy atom. The number of anilines is 2. The molecule has 0 atom stereocenters. The fourth-order valence-electron chi connectivity index (χ4n) is 1.61. The molecule has 0 aliphatic rings. The van der Waals surface area contributed by atoms with Gasteiger partial charge in [-0.15, -0.1) is 0 Å². The number of nitrogens with zero attached hydrogens (tertiary/aromatic N) is 2. The topological polar surface area (TPSA) is 90.0 Å². The van der Waals surface area contributed by atoms with Crippen molar-refractivity contribution in [2.24, 2.45) is 0 Å². The fraction of sp³-hybridized carbons (Fsp3) is 0.154. The van der Waals surface area contributed by atoms with Crippen molar-refractivity contribution in [3.8, 4) is 0 Å². The Labute approximate surface area is 123 Å². The minimum Gasteiger partial charge on any atom is -0.398 e. The summed E-state index contributed by atoms with van der Waals surface area (Å²) >= 11 is 3.08. The predicted molar refractivity (Wildman–Crippen MR) is 80.4 cm³/mol. The minimum absolute atomic E-state index is 0.112. The van der Waals surface area contributed by atoms with Gasteiger partial charge in [-0.25, -0.2) is 4.98 Å². The number of hydrogen-bond donors (Lipinski definition) is 2. The number of carbonyl (C=O) groups excluding carboxylic acids is 1. The van der Waals surface area contributed by atoms with E-state index in [0.29, 0.717) is 15.8 Å². The average molecular weight is 337 g/mol. The van der Waals surface area contributed by atoms with Crippen molar-refractivity contribution >= 4 is 33.2 Å². The lowest BCUT2D eigenvalue weighted by Crippen LogP contribution is -2.28. The standard InChI is InChI=1S/C13H13BrN4O2/c1-8-2-3-9(4-11(8)15)17-12(19)6-18-7-16-5-10(14)13(18)20/h2-5,7H,6,15H2,1H3,(H,17,19). The third-order valence-electron chi connectivity index (χ3n) is 2.74. The number of rotatable bonds is 3. The molecule has 6 nitrogen and oxygen atoms in total. The normalized spacial score (nSPS) is 10.3. The maximum Gasteiger partial charge on any atom is 0.268 e. The van der Waals surface area contributed by atoms with E-state index in [0.717, 1.165) is 5.56 Å². The van der Waals surface area contributed by atoms with Gasteiger partial charge in [0.2, 0.25) is 5.91 Å². The molecule has 0 bridgehead atoms. The van der Waals surface area contributed by atoms with Crippen LogP contribution in [0.2, 0.25) is 0 Å². The Balaban J connectivity index is 2.11. The molecule has 104 valence electrons. The molecule has 0 unspecified atom stereocenters. The number of nitrogens with two attached hydrogens (primary N) is 1. The number of aryl methyl sites for hydroxylation is 1. The molecule has 0 aliphatic carbocycles. The molecule has 1 heterocycles. The Morgan fingerprint density at radius 2 is 2.25 bits per heavy atom. The number of hydrogen-bond acceptors (Lipinski definition) is 4. The average Bonchev–Trinajstić information content (AvgIpc) is 2.39. The minimum atomic E-state index is -0.324. The Kier molecular flexibility index (Phi) is 4.19. The van der Waals surface area contributed by atoms with Crippen molar-refractivity contribution in [1.29, 1.82) is 0 Å². The summed E-state index contributed by atoms with van der Waals surface area (Å²) < 4.78 is 1.53. The van der Waals surface area contributed by atoms with Gasteiger partial charge in [0.15, 0.2) is 0 Å². The molecule has 1 aromatic carbocycles. The quantitative estimate of drug-likeness (QED) is 0.832. The van der Waals surface area contributed by atoms with Crippen molar-refractivity contribution in [3.05, 3.63) is 51.1 Å². The molecule has 0 saturated heterocycles. The highest BCUT2D eigenvalue weighted by molar-refractivity contribution is 9.10. The lowest BCUT2D eigenvalue weighted by Gasteiger charge is -2.08. The zero-order valence-electron chi connectivity index (χ0n) is 10.8. The molecule has 0 radical (unpaired) electrons. The van der Waals surface area contributed by atoms with Gasteiger partial charge in [0.1, 0.15) is 11.0 Å². The molecule has 7 heteroatoms. The van der Waals surface area contributed by atoms with Gasteiger partial charge < -0.3 is 11.1 Å². The van der Waals surface area contributed by atoms with Crippen molar-refractivity contribution in [1.82, 2.24) is 9.55 Å². The number of amides is 1. The molecule has 1 aromatic heterocycles. The summed E-state index contributed by atoms with van der Waals surface area (Å²) in [7, 11) is 0. The van der Waals surface area contributed by atoms with Gasteiger partial charge in [0.05, 0.1) is 6.33 Å². The summed E-state index contributed by atoms with van der Waals surface area (Å²) in [5.74, 6) is -0.324. The SMILES string of the molecule is Cc1ccc(NC(=O)Cn2cncc(Br)c2=O)cc1N. The molecule has 0 saturated carbocycles. The van der Waals surface area contributed by atoms with E-state index in [1.165, 1.54) is 17.1 Å². The Bertz CT molecular complexity index is 712. The second-order valence-corrected chi connectivity index (χ2v) is 5.15. The predicted octanol–water partition coefficient (Wildman–Crippen LogP) is 1.54. The van der Waals surface area contributed by atoms with Crippen molar-refractivity contribution < 1.29 is 4.79 Å². The van der Waals surface area contributed by atoms with Crippen molar-refractivity contribution in [2.45, 2.75) is 13.5 Å².